The molecule has 19 heavy (non-hydrogen) atoms. The van der Waals surface area contributed by atoms with Crippen molar-refractivity contribution in [3.05, 3.63) is 34.9 Å². The molecule has 0 saturated carbocycles. The molecule has 0 N–H and O–H groups in total. The predicted octanol–water partition coefficient (Wildman–Crippen LogP) is 3.13. The fourth-order valence-electron chi connectivity index (χ4n) is 1.58. The minimum atomic E-state index is -0.433. The molecule has 0 radical (unpaired) electrons. The summed E-state index contributed by atoms with van der Waals surface area (Å²) < 4.78 is 10.2. The molecule has 0 unspecified atom stereocenters. The van der Waals surface area contributed by atoms with Gasteiger partial charge in [-0.2, -0.15) is 0 Å². The van der Waals surface area contributed by atoms with Crippen molar-refractivity contribution in [3.63, 3.8) is 0 Å². The number of carbonyl (C=O) groups is 2. The first kappa shape index (κ1) is 15.2. The molecule has 0 saturated heterocycles. The Morgan fingerprint density at radius 3 is 1.53 bits per heavy atom. The molecule has 0 fully saturated rings. The second-order valence-electron chi connectivity index (χ2n) is 5.00. The van der Waals surface area contributed by atoms with E-state index in [0.717, 1.165) is 5.56 Å². The highest BCUT2D eigenvalue weighted by atomic mass is 16.5. The van der Waals surface area contributed by atoms with Gasteiger partial charge in [-0.15, -0.1) is 0 Å². The number of hydrogen-bond donors (Lipinski definition) is 0. The summed E-state index contributed by atoms with van der Waals surface area (Å²) in [5.41, 5.74) is 1.54. The Kier molecular flexibility index (Phi) is 5.10. The predicted molar refractivity (Wildman–Crippen MR) is 72.3 cm³/mol. The third kappa shape index (κ3) is 4.73. The minimum absolute atomic E-state index is 0.195. The average Bonchev–Trinajstić information content (AvgIpc) is 2.26. The number of rotatable bonds is 4. The van der Waals surface area contributed by atoms with Gasteiger partial charge in [0.25, 0.3) is 0 Å². The van der Waals surface area contributed by atoms with Crippen LogP contribution in [0.2, 0.25) is 0 Å². The molecule has 4 heteroatoms. The average molecular weight is 264 g/mol. The zero-order valence-electron chi connectivity index (χ0n) is 12.0. The first-order chi connectivity index (χ1) is 8.79. The third-order valence-corrected chi connectivity index (χ3v) is 2.23. The van der Waals surface area contributed by atoms with Crippen LogP contribution in [0.15, 0.2) is 18.2 Å². The van der Waals surface area contributed by atoms with Crippen LogP contribution in [-0.4, -0.2) is 24.1 Å². The molecule has 1 aromatic rings. The normalized spacial score (nSPS) is 10.7. The van der Waals surface area contributed by atoms with Gasteiger partial charge in [-0.25, -0.2) is 9.59 Å². The highest BCUT2D eigenvalue weighted by Crippen LogP contribution is 2.13. The molecule has 0 spiro atoms. The number of carbonyl (C=O) groups excluding carboxylic acids is 2. The second kappa shape index (κ2) is 6.36. The fraction of sp³-hybridized carbons (Fsp3) is 0.467. The smallest absolute Gasteiger partial charge is 0.338 e. The zero-order chi connectivity index (χ0) is 14.6. The SMILES string of the molecule is Cc1cc(C(=O)OC(C)C)cc(C(=O)OC(C)C)c1. The quantitative estimate of drug-likeness (QED) is 0.784. The van der Waals surface area contributed by atoms with Crippen molar-refractivity contribution < 1.29 is 19.1 Å². The van der Waals surface area contributed by atoms with Gasteiger partial charge < -0.3 is 9.47 Å². The number of esters is 2. The molecule has 1 rings (SSSR count). The van der Waals surface area contributed by atoms with Crippen LogP contribution in [-0.2, 0) is 9.47 Å². The van der Waals surface area contributed by atoms with Crippen LogP contribution in [0, 0.1) is 6.92 Å². The molecule has 0 heterocycles. The van der Waals surface area contributed by atoms with Crippen LogP contribution in [0.25, 0.3) is 0 Å². The summed E-state index contributed by atoms with van der Waals surface area (Å²) in [5.74, 6) is -0.866. The van der Waals surface area contributed by atoms with Crippen molar-refractivity contribution in [2.24, 2.45) is 0 Å². The van der Waals surface area contributed by atoms with Gasteiger partial charge in [0, 0.05) is 0 Å². The zero-order valence-corrected chi connectivity index (χ0v) is 12.0. The Balaban J connectivity index is 3.00. The van der Waals surface area contributed by atoms with Crippen molar-refractivity contribution in [2.45, 2.75) is 46.8 Å². The van der Waals surface area contributed by atoms with Gasteiger partial charge in [0.2, 0.25) is 0 Å². The lowest BCUT2D eigenvalue weighted by molar-refractivity contribution is 0.0377. The van der Waals surface area contributed by atoms with Crippen LogP contribution >= 0.6 is 0 Å². The van der Waals surface area contributed by atoms with E-state index in [0.29, 0.717) is 11.1 Å². The van der Waals surface area contributed by atoms with E-state index in [2.05, 4.69) is 0 Å². The van der Waals surface area contributed by atoms with Crippen LogP contribution < -0.4 is 0 Å². The van der Waals surface area contributed by atoms with Crippen molar-refractivity contribution >= 4 is 11.9 Å². The summed E-state index contributed by atoms with van der Waals surface area (Å²) in [6, 6.07) is 4.89. The largest absolute Gasteiger partial charge is 0.459 e. The summed E-state index contributed by atoms with van der Waals surface area (Å²) in [6.07, 6.45) is -0.391. The number of hydrogen-bond acceptors (Lipinski definition) is 4. The molecule has 0 atom stereocenters. The van der Waals surface area contributed by atoms with E-state index >= 15 is 0 Å². The van der Waals surface area contributed by atoms with Gasteiger partial charge in [-0.3, -0.25) is 0 Å². The lowest BCUT2D eigenvalue weighted by Crippen LogP contribution is -2.15. The molecule has 0 aliphatic rings. The molecular formula is C15H20O4. The Bertz CT molecular complexity index is 435. The molecule has 1 aromatic carbocycles. The molecular weight excluding hydrogens is 244 g/mol. The van der Waals surface area contributed by atoms with Crippen molar-refractivity contribution in [1.82, 2.24) is 0 Å². The van der Waals surface area contributed by atoms with Gasteiger partial charge in [0.05, 0.1) is 23.3 Å². The number of aryl methyl sites for hydroxylation is 1. The molecule has 4 nitrogen and oxygen atoms in total. The molecule has 0 amide bonds. The first-order valence-electron chi connectivity index (χ1n) is 6.33. The maximum atomic E-state index is 11.8. The monoisotopic (exact) mass is 264 g/mol. The summed E-state index contributed by atoms with van der Waals surface area (Å²) in [6.45, 7) is 8.94. The fourth-order valence-corrected chi connectivity index (χ4v) is 1.58. The molecule has 0 bridgehead atoms. The maximum absolute atomic E-state index is 11.8. The van der Waals surface area contributed by atoms with E-state index in [1.165, 1.54) is 6.07 Å². The van der Waals surface area contributed by atoms with Gasteiger partial charge >= 0.3 is 11.9 Å². The van der Waals surface area contributed by atoms with Gasteiger partial charge in [-0.05, 0) is 58.4 Å². The van der Waals surface area contributed by atoms with Crippen LogP contribution in [0.4, 0.5) is 0 Å². The van der Waals surface area contributed by atoms with Gasteiger partial charge in [0.1, 0.15) is 0 Å². The topological polar surface area (TPSA) is 52.6 Å². The summed E-state index contributed by atoms with van der Waals surface area (Å²) >= 11 is 0. The summed E-state index contributed by atoms with van der Waals surface area (Å²) in [4.78, 5) is 23.7. The molecule has 0 aliphatic heterocycles. The second-order valence-corrected chi connectivity index (χ2v) is 5.00. The van der Waals surface area contributed by atoms with Crippen molar-refractivity contribution in [2.75, 3.05) is 0 Å². The Labute approximate surface area is 113 Å². The van der Waals surface area contributed by atoms with Crippen LogP contribution in [0.3, 0.4) is 0 Å². The lowest BCUT2D eigenvalue weighted by Gasteiger charge is -2.11. The minimum Gasteiger partial charge on any atom is -0.459 e. The van der Waals surface area contributed by atoms with Crippen LogP contribution in [0.1, 0.15) is 54.0 Å². The molecule has 104 valence electrons. The van der Waals surface area contributed by atoms with E-state index in [9.17, 15) is 9.59 Å². The standard InChI is InChI=1S/C15H20O4/c1-9(2)18-14(16)12-6-11(5)7-13(8-12)15(17)19-10(3)4/h6-10H,1-5H3. The van der Waals surface area contributed by atoms with Crippen molar-refractivity contribution in [1.29, 1.82) is 0 Å². The number of ether oxygens (including phenoxy) is 2. The highest BCUT2D eigenvalue weighted by molar-refractivity contribution is 5.95. The van der Waals surface area contributed by atoms with Crippen LogP contribution in [0.5, 0.6) is 0 Å². The Morgan fingerprint density at radius 2 is 1.21 bits per heavy atom. The maximum Gasteiger partial charge on any atom is 0.338 e. The summed E-state index contributed by atoms with van der Waals surface area (Å²) in [7, 11) is 0. The Hall–Kier alpha value is -1.84. The third-order valence-electron chi connectivity index (χ3n) is 2.23. The first-order valence-corrected chi connectivity index (χ1v) is 6.33. The molecule has 0 aromatic heterocycles. The van der Waals surface area contributed by atoms with E-state index < -0.39 is 11.9 Å². The summed E-state index contributed by atoms with van der Waals surface area (Å²) in [5, 5.41) is 0. The van der Waals surface area contributed by atoms with E-state index in [4.69, 9.17) is 9.47 Å². The highest BCUT2D eigenvalue weighted by Gasteiger charge is 2.15. The number of benzene rings is 1. The molecule has 0 aliphatic carbocycles. The van der Waals surface area contributed by atoms with Crippen molar-refractivity contribution in [3.8, 4) is 0 Å². The van der Waals surface area contributed by atoms with Gasteiger partial charge in [-0.1, -0.05) is 0 Å². The van der Waals surface area contributed by atoms with E-state index in [1.807, 2.05) is 6.92 Å². The van der Waals surface area contributed by atoms with Gasteiger partial charge in [0.15, 0.2) is 0 Å². The van der Waals surface area contributed by atoms with E-state index in [1.54, 1.807) is 39.8 Å². The Morgan fingerprint density at radius 1 is 0.842 bits per heavy atom. The lowest BCUT2D eigenvalue weighted by atomic mass is 10.1. The van der Waals surface area contributed by atoms with E-state index in [-0.39, 0.29) is 12.2 Å².